The Morgan fingerprint density at radius 3 is 2.70 bits per heavy atom. The molecule has 0 aromatic carbocycles. The van der Waals surface area contributed by atoms with Crippen LogP contribution in [0.25, 0.3) is 0 Å². The summed E-state index contributed by atoms with van der Waals surface area (Å²) in [5.41, 5.74) is 0.501. The molecule has 0 saturated carbocycles. The summed E-state index contributed by atoms with van der Waals surface area (Å²) in [6, 6.07) is 0.370. The van der Waals surface area contributed by atoms with E-state index in [2.05, 4.69) is 10.3 Å². The van der Waals surface area contributed by atoms with Crippen LogP contribution in [0.15, 0.2) is 4.42 Å². The molecular formula is C17H29N3O3. The molecule has 2 rings (SSSR count). The summed E-state index contributed by atoms with van der Waals surface area (Å²) >= 11 is 0. The largest absolute Gasteiger partial charge is 0.444 e. The summed E-state index contributed by atoms with van der Waals surface area (Å²) in [6.45, 7) is 11.7. The molecule has 23 heavy (non-hydrogen) atoms. The topological polar surface area (TPSA) is 67.6 Å². The molecule has 1 aliphatic rings. The van der Waals surface area contributed by atoms with Gasteiger partial charge in [0.25, 0.3) is 0 Å². The molecule has 1 amide bonds. The van der Waals surface area contributed by atoms with Gasteiger partial charge in [0.15, 0.2) is 0 Å². The lowest BCUT2D eigenvalue weighted by Gasteiger charge is -2.26. The maximum absolute atomic E-state index is 12.2. The fourth-order valence-electron chi connectivity index (χ4n) is 2.66. The first kappa shape index (κ1) is 17.8. The second-order valence-electron chi connectivity index (χ2n) is 7.23. The lowest BCUT2D eigenvalue weighted by molar-refractivity contribution is 0.0256. The van der Waals surface area contributed by atoms with Crippen molar-refractivity contribution in [1.82, 2.24) is 15.2 Å². The van der Waals surface area contributed by atoms with E-state index in [1.165, 1.54) is 0 Å². The van der Waals surface area contributed by atoms with Gasteiger partial charge in [-0.1, -0.05) is 0 Å². The van der Waals surface area contributed by atoms with Crippen molar-refractivity contribution in [2.75, 3.05) is 13.1 Å². The highest BCUT2D eigenvalue weighted by molar-refractivity contribution is 5.68. The normalized spacial score (nSPS) is 19.5. The molecule has 0 bridgehead atoms. The molecule has 1 saturated heterocycles. The fraction of sp³-hybridized carbons (Fsp3) is 0.765. The van der Waals surface area contributed by atoms with Crippen LogP contribution in [0.2, 0.25) is 0 Å². The van der Waals surface area contributed by atoms with E-state index in [-0.39, 0.29) is 6.09 Å². The van der Waals surface area contributed by atoms with E-state index < -0.39 is 5.60 Å². The van der Waals surface area contributed by atoms with Gasteiger partial charge in [0, 0.05) is 19.1 Å². The smallest absolute Gasteiger partial charge is 0.410 e. The van der Waals surface area contributed by atoms with E-state index in [0.717, 1.165) is 49.7 Å². The number of aryl methyl sites for hydroxylation is 2. The van der Waals surface area contributed by atoms with Gasteiger partial charge < -0.3 is 19.4 Å². The fourth-order valence-corrected chi connectivity index (χ4v) is 2.66. The second-order valence-corrected chi connectivity index (χ2v) is 7.23. The molecule has 1 aromatic rings. The summed E-state index contributed by atoms with van der Waals surface area (Å²) < 4.78 is 11.0. The maximum Gasteiger partial charge on any atom is 0.410 e. The van der Waals surface area contributed by atoms with Crippen molar-refractivity contribution < 1.29 is 13.9 Å². The summed E-state index contributed by atoms with van der Waals surface area (Å²) in [7, 11) is 0. The first-order valence-corrected chi connectivity index (χ1v) is 8.39. The summed E-state index contributed by atoms with van der Waals surface area (Å²) in [6.07, 6.45) is 2.72. The number of rotatable bonds is 3. The molecule has 1 aromatic heterocycles. The molecule has 1 atom stereocenters. The molecule has 1 fully saturated rings. The van der Waals surface area contributed by atoms with Crippen LogP contribution in [0.1, 0.15) is 57.4 Å². The Morgan fingerprint density at radius 2 is 2.09 bits per heavy atom. The number of carbonyl (C=O) groups excluding carboxylic acids is 1. The number of carbonyl (C=O) groups is 1. The Morgan fingerprint density at radius 1 is 1.35 bits per heavy atom. The van der Waals surface area contributed by atoms with Gasteiger partial charge in [-0.05, 0) is 53.9 Å². The molecule has 1 unspecified atom stereocenters. The number of oxazole rings is 1. The number of ether oxygens (including phenoxy) is 1. The third-order valence-electron chi connectivity index (χ3n) is 3.99. The standard InChI is InChI=1S/C17H29N3O3/c1-12-13(2)22-15(19-12)11-18-14-7-6-9-20(10-8-14)16(21)23-17(3,4)5/h14,18H,6-11H2,1-5H3. The zero-order valence-corrected chi connectivity index (χ0v) is 14.9. The summed E-state index contributed by atoms with van der Waals surface area (Å²) in [5.74, 6) is 1.60. The number of nitrogens with one attached hydrogen (secondary N) is 1. The molecule has 1 aliphatic heterocycles. The minimum absolute atomic E-state index is 0.211. The SMILES string of the molecule is Cc1nc(CNC2CCCN(C(=O)OC(C)(C)C)CC2)oc1C. The van der Waals surface area contributed by atoms with Crippen LogP contribution in [0, 0.1) is 13.8 Å². The van der Waals surface area contributed by atoms with E-state index in [9.17, 15) is 4.79 Å². The van der Waals surface area contributed by atoms with Crippen LogP contribution >= 0.6 is 0 Å². The van der Waals surface area contributed by atoms with Crippen molar-refractivity contribution in [3.63, 3.8) is 0 Å². The van der Waals surface area contributed by atoms with Gasteiger partial charge in [-0.15, -0.1) is 0 Å². The molecule has 6 heteroatoms. The van der Waals surface area contributed by atoms with Gasteiger partial charge in [-0.3, -0.25) is 0 Å². The van der Waals surface area contributed by atoms with Crippen molar-refractivity contribution in [3.05, 3.63) is 17.3 Å². The Bertz CT molecular complexity index is 514. The predicted molar refractivity (Wildman–Crippen MR) is 88.3 cm³/mol. The van der Waals surface area contributed by atoms with E-state index >= 15 is 0 Å². The molecule has 2 heterocycles. The van der Waals surface area contributed by atoms with Gasteiger partial charge in [0.2, 0.25) is 5.89 Å². The third kappa shape index (κ3) is 5.53. The van der Waals surface area contributed by atoms with Crippen LogP contribution in [-0.2, 0) is 11.3 Å². The zero-order valence-electron chi connectivity index (χ0n) is 14.9. The molecular weight excluding hydrogens is 294 g/mol. The van der Waals surface area contributed by atoms with Crippen molar-refractivity contribution >= 4 is 6.09 Å². The van der Waals surface area contributed by atoms with E-state index in [0.29, 0.717) is 12.6 Å². The molecule has 1 N–H and O–H groups in total. The predicted octanol–water partition coefficient (Wildman–Crippen LogP) is 3.17. The number of hydrogen-bond donors (Lipinski definition) is 1. The van der Waals surface area contributed by atoms with Crippen LogP contribution in [-0.4, -0.2) is 40.7 Å². The Hall–Kier alpha value is -1.56. The van der Waals surface area contributed by atoms with Crippen LogP contribution in [0.3, 0.4) is 0 Å². The average molecular weight is 323 g/mol. The lowest BCUT2D eigenvalue weighted by atomic mass is 10.1. The van der Waals surface area contributed by atoms with Gasteiger partial charge in [-0.25, -0.2) is 9.78 Å². The highest BCUT2D eigenvalue weighted by Gasteiger charge is 2.25. The molecule has 0 radical (unpaired) electrons. The van der Waals surface area contributed by atoms with Crippen molar-refractivity contribution in [2.24, 2.45) is 0 Å². The van der Waals surface area contributed by atoms with Crippen molar-refractivity contribution in [3.8, 4) is 0 Å². The number of nitrogens with zero attached hydrogens (tertiary/aromatic N) is 2. The van der Waals surface area contributed by atoms with Crippen LogP contribution in [0.5, 0.6) is 0 Å². The Balaban J connectivity index is 1.80. The Kier molecular flexibility index (Phi) is 5.68. The minimum atomic E-state index is -0.443. The van der Waals surface area contributed by atoms with E-state index in [1.54, 1.807) is 0 Å². The van der Waals surface area contributed by atoms with Gasteiger partial charge >= 0.3 is 6.09 Å². The van der Waals surface area contributed by atoms with Gasteiger partial charge in [0.05, 0.1) is 12.2 Å². The van der Waals surface area contributed by atoms with Crippen molar-refractivity contribution in [1.29, 1.82) is 0 Å². The van der Waals surface area contributed by atoms with Gasteiger partial charge in [-0.2, -0.15) is 0 Å². The zero-order chi connectivity index (χ0) is 17.0. The molecule has 130 valence electrons. The van der Waals surface area contributed by atoms with E-state index in [4.69, 9.17) is 9.15 Å². The average Bonchev–Trinajstić information content (AvgIpc) is 2.64. The minimum Gasteiger partial charge on any atom is -0.444 e. The van der Waals surface area contributed by atoms with Crippen LogP contribution in [0.4, 0.5) is 4.79 Å². The second kappa shape index (κ2) is 7.34. The maximum atomic E-state index is 12.2. The highest BCUT2D eigenvalue weighted by Crippen LogP contribution is 2.16. The number of aromatic nitrogens is 1. The lowest BCUT2D eigenvalue weighted by Crippen LogP contribution is -2.38. The number of hydrogen-bond acceptors (Lipinski definition) is 5. The Labute approximate surface area is 138 Å². The first-order chi connectivity index (χ1) is 10.7. The molecule has 0 spiro atoms. The highest BCUT2D eigenvalue weighted by atomic mass is 16.6. The quantitative estimate of drug-likeness (QED) is 0.925. The molecule has 6 nitrogen and oxygen atoms in total. The van der Waals surface area contributed by atoms with Gasteiger partial charge in [0.1, 0.15) is 11.4 Å². The first-order valence-electron chi connectivity index (χ1n) is 8.39. The number of likely N-dealkylation sites (tertiary alicyclic amines) is 1. The summed E-state index contributed by atoms with van der Waals surface area (Å²) in [4.78, 5) is 18.4. The molecule has 0 aliphatic carbocycles. The number of amides is 1. The monoisotopic (exact) mass is 323 g/mol. The van der Waals surface area contributed by atoms with Crippen LogP contribution < -0.4 is 5.32 Å². The summed E-state index contributed by atoms with van der Waals surface area (Å²) in [5, 5.41) is 3.49. The third-order valence-corrected chi connectivity index (χ3v) is 3.99. The van der Waals surface area contributed by atoms with Crippen molar-refractivity contribution in [2.45, 2.75) is 72.1 Å². The van der Waals surface area contributed by atoms with E-state index in [1.807, 2.05) is 39.5 Å².